The second kappa shape index (κ2) is 9.66. The molecular formula is C24H26N2O4S. The van der Waals surface area contributed by atoms with Gasteiger partial charge in [-0.05, 0) is 61.4 Å². The molecule has 3 aromatic rings. The molecule has 3 aromatic carbocycles. The van der Waals surface area contributed by atoms with Crippen molar-refractivity contribution in [2.75, 3.05) is 22.5 Å². The molecule has 6 nitrogen and oxygen atoms in total. The van der Waals surface area contributed by atoms with Crippen LogP contribution in [0.5, 0.6) is 5.75 Å². The summed E-state index contributed by atoms with van der Waals surface area (Å²) in [5.74, 6) is 0.292. The van der Waals surface area contributed by atoms with E-state index in [1.165, 1.54) is 10.6 Å². The molecule has 0 saturated carbocycles. The topological polar surface area (TPSA) is 75.7 Å². The van der Waals surface area contributed by atoms with Crippen LogP contribution in [-0.4, -0.2) is 27.2 Å². The molecule has 0 atom stereocenters. The van der Waals surface area contributed by atoms with Crippen LogP contribution >= 0.6 is 0 Å². The molecule has 7 heteroatoms. The number of para-hydroxylation sites is 2. The highest BCUT2D eigenvalue weighted by Crippen LogP contribution is 2.26. The number of aryl methyl sites for hydroxylation is 1. The highest BCUT2D eigenvalue weighted by atomic mass is 32.2. The summed E-state index contributed by atoms with van der Waals surface area (Å²) in [5, 5.41) is 2.84. The minimum atomic E-state index is -3.51. The Hall–Kier alpha value is -3.32. The first-order chi connectivity index (χ1) is 14.8. The summed E-state index contributed by atoms with van der Waals surface area (Å²) in [7, 11) is -3.51. The predicted octanol–water partition coefficient (Wildman–Crippen LogP) is 4.61. The fraction of sp³-hybridized carbons (Fsp3) is 0.208. The molecule has 0 aliphatic carbocycles. The maximum absolute atomic E-state index is 12.7. The lowest BCUT2D eigenvalue weighted by atomic mass is 10.1. The highest BCUT2D eigenvalue weighted by Gasteiger charge is 2.19. The first kappa shape index (κ1) is 22.4. The van der Waals surface area contributed by atoms with Crippen LogP contribution in [0, 0.1) is 6.92 Å². The number of nitrogens with zero attached hydrogens (tertiary/aromatic N) is 1. The summed E-state index contributed by atoms with van der Waals surface area (Å²) in [4.78, 5) is 12.7. The maximum Gasteiger partial charge on any atom is 0.255 e. The molecule has 31 heavy (non-hydrogen) atoms. The van der Waals surface area contributed by atoms with E-state index in [-0.39, 0.29) is 12.5 Å². The molecule has 0 fully saturated rings. The van der Waals surface area contributed by atoms with Gasteiger partial charge in [0.05, 0.1) is 30.8 Å². The average molecular weight is 439 g/mol. The van der Waals surface area contributed by atoms with E-state index in [0.29, 0.717) is 29.3 Å². The Bertz CT molecular complexity index is 1160. The Morgan fingerprint density at radius 2 is 1.61 bits per heavy atom. The van der Waals surface area contributed by atoms with E-state index in [4.69, 9.17) is 4.74 Å². The molecule has 1 amide bonds. The van der Waals surface area contributed by atoms with Gasteiger partial charge in [-0.15, -0.1) is 0 Å². The molecule has 0 heterocycles. The van der Waals surface area contributed by atoms with Crippen molar-refractivity contribution in [3.8, 4) is 5.75 Å². The number of nitrogens with one attached hydrogen (secondary N) is 1. The van der Waals surface area contributed by atoms with Gasteiger partial charge in [-0.1, -0.05) is 36.4 Å². The van der Waals surface area contributed by atoms with Crippen molar-refractivity contribution in [1.82, 2.24) is 0 Å². The van der Waals surface area contributed by atoms with Crippen molar-refractivity contribution in [3.63, 3.8) is 0 Å². The summed E-state index contributed by atoms with van der Waals surface area (Å²) in [6.07, 6.45) is 1.18. The molecule has 0 saturated heterocycles. The van der Waals surface area contributed by atoms with Crippen LogP contribution in [0.4, 0.5) is 11.4 Å². The largest absolute Gasteiger partial charge is 0.492 e. The van der Waals surface area contributed by atoms with E-state index in [1.54, 1.807) is 36.4 Å². The summed E-state index contributed by atoms with van der Waals surface area (Å²) in [6.45, 7) is 4.54. The standard InChI is InChI=1S/C24H26N2O4S/c1-4-30-23-12-8-7-11-22(23)25-24(27)19-13-15-21(16-14-19)26(31(3,28)29)17-20-10-6-5-9-18(20)2/h5-16H,4,17H2,1-3H3,(H,25,27). The van der Waals surface area contributed by atoms with Crippen molar-refractivity contribution in [1.29, 1.82) is 0 Å². The SMILES string of the molecule is CCOc1ccccc1NC(=O)c1ccc(N(Cc2ccccc2C)S(C)(=O)=O)cc1. The molecule has 3 rings (SSSR count). The van der Waals surface area contributed by atoms with E-state index >= 15 is 0 Å². The number of rotatable bonds is 8. The number of amides is 1. The molecule has 0 bridgehead atoms. The van der Waals surface area contributed by atoms with Crippen LogP contribution in [0.1, 0.15) is 28.4 Å². The van der Waals surface area contributed by atoms with Gasteiger partial charge in [-0.3, -0.25) is 9.10 Å². The zero-order chi connectivity index (χ0) is 22.4. The Labute approximate surface area is 183 Å². The van der Waals surface area contributed by atoms with E-state index in [2.05, 4.69) is 5.32 Å². The number of benzene rings is 3. The lowest BCUT2D eigenvalue weighted by Gasteiger charge is -2.23. The van der Waals surface area contributed by atoms with Crippen LogP contribution in [0.25, 0.3) is 0 Å². The summed E-state index contributed by atoms with van der Waals surface area (Å²) < 4.78 is 31.8. The minimum Gasteiger partial charge on any atom is -0.492 e. The van der Waals surface area contributed by atoms with Gasteiger partial charge < -0.3 is 10.1 Å². The maximum atomic E-state index is 12.7. The van der Waals surface area contributed by atoms with Gasteiger partial charge in [-0.25, -0.2) is 8.42 Å². The van der Waals surface area contributed by atoms with Gasteiger partial charge >= 0.3 is 0 Å². The third-order valence-electron chi connectivity index (χ3n) is 4.83. The van der Waals surface area contributed by atoms with Gasteiger partial charge in [-0.2, -0.15) is 0 Å². The molecule has 0 spiro atoms. The third-order valence-corrected chi connectivity index (χ3v) is 5.97. The van der Waals surface area contributed by atoms with Crippen molar-refractivity contribution in [2.24, 2.45) is 0 Å². The fourth-order valence-electron chi connectivity index (χ4n) is 3.17. The van der Waals surface area contributed by atoms with Crippen molar-refractivity contribution >= 4 is 27.3 Å². The number of hydrogen-bond donors (Lipinski definition) is 1. The number of carbonyl (C=O) groups excluding carboxylic acids is 1. The monoisotopic (exact) mass is 438 g/mol. The zero-order valence-corrected chi connectivity index (χ0v) is 18.6. The minimum absolute atomic E-state index is 0.221. The normalized spacial score (nSPS) is 11.1. The Kier molecular flexibility index (Phi) is 6.97. The highest BCUT2D eigenvalue weighted by molar-refractivity contribution is 7.92. The van der Waals surface area contributed by atoms with Crippen LogP contribution in [0.2, 0.25) is 0 Å². The lowest BCUT2D eigenvalue weighted by molar-refractivity contribution is 0.102. The number of carbonyl (C=O) groups is 1. The van der Waals surface area contributed by atoms with E-state index < -0.39 is 10.0 Å². The smallest absolute Gasteiger partial charge is 0.255 e. The van der Waals surface area contributed by atoms with Crippen LogP contribution in [-0.2, 0) is 16.6 Å². The molecule has 0 aliphatic rings. The molecule has 0 aliphatic heterocycles. The van der Waals surface area contributed by atoms with E-state index in [1.807, 2.05) is 50.2 Å². The van der Waals surface area contributed by atoms with Gasteiger partial charge in [0.25, 0.3) is 5.91 Å². The number of ether oxygens (including phenoxy) is 1. The summed E-state index contributed by atoms with van der Waals surface area (Å²) >= 11 is 0. The Morgan fingerprint density at radius 1 is 0.968 bits per heavy atom. The molecule has 1 N–H and O–H groups in total. The zero-order valence-electron chi connectivity index (χ0n) is 17.8. The first-order valence-electron chi connectivity index (χ1n) is 9.95. The average Bonchev–Trinajstić information content (AvgIpc) is 2.74. The number of sulfonamides is 1. The Morgan fingerprint density at radius 3 is 2.26 bits per heavy atom. The van der Waals surface area contributed by atoms with Crippen molar-refractivity contribution in [2.45, 2.75) is 20.4 Å². The molecule has 0 unspecified atom stereocenters. The van der Waals surface area contributed by atoms with Gasteiger partial charge in [0.15, 0.2) is 0 Å². The second-order valence-corrected chi connectivity index (χ2v) is 9.03. The third kappa shape index (κ3) is 5.64. The van der Waals surface area contributed by atoms with Crippen molar-refractivity contribution < 1.29 is 17.9 Å². The molecular weight excluding hydrogens is 412 g/mol. The molecule has 162 valence electrons. The summed E-state index contributed by atoms with van der Waals surface area (Å²) in [6, 6.07) is 21.4. The summed E-state index contributed by atoms with van der Waals surface area (Å²) in [5.41, 5.74) is 3.43. The molecule has 0 aromatic heterocycles. The van der Waals surface area contributed by atoms with Crippen LogP contribution in [0.15, 0.2) is 72.8 Å². The number of anilines is 2. The second-order valence-electron chi connectivity index (χ2n) is 7.13. The fourth-order valence-corrected chi connectivity index (χ4v) is 4.05. The van der Waals surface area contributed by atoms with Gasteiger partial charge in [0, 0.05) is 5.56 Å². The Balaban J connectivity index is 1.82. The predicted molar refractivity (Wildman–Crippen MR) is 124 cm³/mol. The first-order valence-corrected chi connectivity index (χ1v) is 11.8. The van der Waals surface area contributed by atoms with Crippen molar-refractivity contribution in [3.05, 3.63) is 89.5 Å². The van der Waals surface area contributed by atoms with E-state index in [9.17, 15) is 13.2 Å². The van der Waals surface area contributed by atoms with Crippen LogP contribution < -0.4 is 14.4 Å². The van der Waals surface area contributed by atoms with E-state index in [0.717, 1.165) is 11.1 Å². The van der Waals surface area contributed by atoms with Crippen LogP contribution in [0.3, 0.4) is 0 Å². The number of hydrogen-bond acceptors (Lipinski definition) is 4. The lowest BCUT2D eigenvalue weighted by Crippen LogP contribution is -2.29. The van der Waals surface area contributed by atoms with Gasteiger partial charge in [0.1, 0.15) is 5.75 Å². The van der Waals surface area contributed by atoms with Gasteiger partial charge in [0.2, 0.25) is 10.0 Å². The molecule has 0 radical (unpaired) electrons. The quantitative estimate of drug-likeness (QED) is 0.557.